The zero-order valence-electron chi connectivity index (χ0n) is 14.4. The van der Waals surface area contributed by atoms with Crippen LogP contribution in [0, 0.1) is 11.3 Å². The lowest BCUT2D eigenvalue weighted by Crippen LogP contribution is -2.30. The van der Waals surface area contributed by atoms with E-state index in [0.29, 0.717) is 17.9 Å². The van der Waals surface area contributed by atoms with Gasteiger partial charge in [-0.3, -0.25) is 4.79 Å². The molecule has 3 rings (SSSR count). The lowest BCUT2D eigenvalue weighted by Gasteiger charge is -2.16. The van der Waals surface area contributed by atoms with Gasteiger partial charge in [-0.1, -0.05) is 24.3 Å². The maximum Gasteiger partial charge on any atom is 0.260 e. The summed E-state index contributed by atoms with van der Waals surface area (Å²) in [5, 5.41) is 8.85. The zero-order chi connectivity index (χ0) is 18.4. The second kappa shape index (κ2) is 8.04. The highest BCUT2D eigenvalue weighted by atomic mass is 16.5. The van der Waals surface area contributed by atoms with E-state index in [1.54, 1.807) is 36.4 Å². The number of amides is 1. The predicted molar refractivity (Wildman–Crippen MR) is 97.3 cm³/mol. The van der Waals surface area contributed by atoms with Crippen LogP contribution in [0.2, 0.25) is 0 Å². The summed E-state index contributed by atoms with van der Waals surface area (Å²) in [6, 6.07) is 20.6. The van der Waals surface area contributed by atoms with Gasteiger partial charge in [-0.2, -0.15) is 5.26 Å². The third-order valence-electron chi connectivity index (χ3n) is 3.96. The summed E-state index contributed by atoms with van der Waals surface area (Å²) in [6.07, 6.45) is 1.58. The Morgan fingerprint density at radius 2 is 1.73 bits per heavy atom. The first-order chi connectivity index (χ1) is 12.7. The van der Waals surface area contributed by atoms with Crippen molar-refractivity contribution < 1.29 is 13.9 Å². The van der Waals surface area contributed by atoms with Gasteiger partial charge in [-0.15, -0.1) is 0 Å². The van der Waals surface area contributed by atoms with Crippen LogP contribution in [0.5, 0.6) is 5.75 Å². The third kappa shape index (κ3) is 4.31. The molecular formula is C21H18N2O3. The number of hydrogen-bond acceptors (Lipinski definition) is 4. The fraction of sp³-hybridized carbons (Fsp3) is 0.143. The van der Waals surface area contributed by atoms with E-state index in [-0.39, 0.29) is 12.5 Å². The predicted octanol–water partition coefficient (Wildman–Crippen LogP) is 3.86. The van der Waals surface area contributed by atoms with Gasteiger partial charge in [0.25, 0.3) is 5.91 Å². The summed E-state index contributed by atoms with van der Waals surface area (Å²) in [5.74, 6) is 1.23. The second-order valence-corrected chi connectivity index (χ2v) is 5.83. The molecule has 0 aliphatic heterocycles. The number of hydrogen-bond donors (Lipinski definition) is 0. The Kier molecular flexibility index (Phi) is 5.35. The fourth-order valence-electron chi connectivity index (χ4n) is 2.46. The van der Waals surface area contributed by atoms with Gasteiger partial charge >= 0.3 is 0 Å². The number of nitrogens with zero attached hydrogens (tertiary/aromatic N) is 2. The van der Waals surface area contributed by atoms with Crippen molar-refractivity contribution in [2.75, 3.05) is 13.7 Å². The molecule has 26 heavy (non-hydrogen) atoms. The summed E-state index contributed by atoms with van der Waals surface area (Å²) < 4.78 is 10.8. The molecule has 0 saturated carbocycles. The summed E-state index contributed by atoms with van der Waals surface area (Å²) in [6.45, 7) is 0.375. The van der Waals surface area contributed by atoms with Crippen molar-refractivity contribution in [2.45, 2.75) is 6.54 Å². The summed E-state index contributed by atoms with van der Waals surface area (Å²) in [4.78, 5) is 13.7. The molecule has 0 bridgehead atoms. The SMILES string of the molecule is CN(Cc1ccco1)C(=O)COc1ccc(-c2ccc(C#N)cc2)cc1. The maximum absolute atomic E-state index is 12.1. The Morgan fingerprint density at radius 3 is 2.31 bits per heavy atom. The van der Waals surface area contributed by atoms with Gasteiger partial charge in [0.05, 0.1) is 24.4 Å². The average molecular weight is 346 g/mol. The lowest BCUT2D eigenvalue weighted by atomic mass is 10.0. The van der Waals surface area contributed by atoms with Crippen LogP contribution >= 0.6 is 0 Å². The van der Waals surface area contributed by atoms with E-state index in [9.17, 15) is 4.79 Å². The molecule has 0 aliphatic rings. The molecular weight excluding hydrogens is 328 g/mol. The van der Waals surface area contributed by atoms with Crippen LogP contribution in [-0.4, -0.2) is 24.5 Å². The first kappa shape index (κ1) is 17.3. The van der Waals surface area contributed by atoms with Crippen molar-refractivity contribution in [3.63, 3.8) is 0 Å². The molecule has 3 aromatic rings. The molecule has 0 aliphatic carbocycles. The summed E-state index contributed by atoms with van der Waals surface area (Å²) >= 11 is 0. The van der Waals surface area contributed by atoms with Crippen molar-refractivity contribution >= 4 is 5.91 Å². The van der Waals surface area contributed by atoms with Gasteiger partial charge in [0.15, 0.2) is 6.61 Å². The minimum atomic E-state index is -0.127. The molecule has 1 amide bonds. The van der Waals surface area contributed by atoms with Crippen LogP contribution in [-0.2, 0) is 11.3 Å². The minimum absolute atomic E-state index is 0.0343. The first-order valence-electron chi connectivity index (χ1n) is 8.15. The zero-order valence-corrected chi connectivity index (χ0v) is 14.4. The minimum Gasteiger partial charge on any atom is -0.484 e. The van der Waals surface area contributed by atoms with E-state index in [4.69, 9.17) is 14.4 Å². The normalized spacial score (nSPS) is 10.2. The van der Waals surface area contributed by atoms with Crippen molar-refractivity contribution in [3.8, 4) is 22.9 Å². The number of carbonyl (C=O) groups excluding carboxylic acids is 1. The molecule has 1 heterocycles. The number of carbonyl (C=O) groups is 1. The largest absolute Gasteiger partial charge is 0.484 e. The molecule has 5 heteroatoms. The number of likely N-dealkylation sites (N-methyl/N-ethyl adjacent to an activating group) is 1. The van der Waals surface area contributed by atoms with Crippen molar-refractivity contribution in [2.24, 2.45) is 0 Å². The summed E-state index contributed by atoms with van der Waals surface area (Å²) in [7, 11) is 1.71. The van der Waals surface area contributed by atoms with Gasteiger partial charge in [0.1, 0.15) is 11.5 Å². The highest BCUT2D eigenvalue weighted by Gasteiger charge is 2.11. The fourth-order valence-corrected chi connectivity index (χ4v) is 2.46. The van der Waals surface area contributed by atoms with Crippen LogP contribution in [0.3, 0.4) is 0 Å². The van der Waals surface area contributed by atoms with Crippen LogP contribution in [0.25, 0.3) is 11.1 Å². The Morgan fingerprint density at radius 1 is 1.08 bits per heavy atom. The topological polar surface area (TPSA) is 66.5 Å². The average Bonchev–Trinajstić information content (AvgIpc) is 3.19. The van der Waals surface area contributed by atoms with Crippen LogP contribution < -0.4 is 4.74 Å². The Labute approximate surface area is 152 Å². The van der Waals surface area contributed by atoms with E-state index in [2.05, 4.69) is 6.07 Å². The number of ether oxygens (including phenoxy) is 1. The molecule has 0 fully saturated rings. The highest BCUT2D eigenvalue weighted by Crippen LogP contribution is 2.22. The van der Waals surface area contributed by atoms with E-state index in [1.807, 2.05) is 42.5 Å². The van der Waals surface area contributed by atoms with Crippen LogP contribution in [0.4, 0.5) is 0 Å². The number of furan rings is 1. The second-order valence-electron chi connectivity index (χ2n) is 5.83. The molecule has 2 aromatic carbocycles. The lowest BCUT2D eigenvalue weighted by molar-refractivity contribution is -0.132. The molecule has 0 saturated heterocycles. The van der Waals surface area contributed by atoms with Crippen molar-refractivity contribution in [3.05, 3.63) is 78.3 Å². The van der Waals surface area contributed by atoms with E-state index < -0.39 is 0 Å². The Hall–Kier alpha value is -3.52. The van der Waals surface area contributed by atoms with Gasteiger partial charge < -0.3 is 14.1 Å². The maximum atomic E-state index is 12.1. The Bertz CT molecular complexity index is 892. The molecule has 1 aromatic heterocycles. The highest BCUT2D eigenvalue weighted by molar-refractivity contribution is 5.77. The van der Waals surface area contributed by atoms with E-state index in [1.165, 1.54) is 0 Å². The molecule has 0 radical (unpaired) electrons. The quantitative estimate of drug-likeness (QED) is 0.680. The van der Waals surface area contributed by atoms with Gasteiger partial charge in [0.2, 0.25) is 0 Å². The Balaban J connectivity index is 1.55. The molecule has 130 valence electrons. The van der Waals surface area contributed by atoms with Gasteiger partial charge in [0, 0.05) is 7.05 Å². The van der Waals surface area contributed by atoms with E-state index in [0.717, 1.165) is 16.9 Å². The van der Waals surface area contributed by atoms with Gasteiger partial charge in [-0.25, -0.2) is 0 Å². The van der Waals surface area contributed by atoms with Crippen LogP contribution in [0.15, 0.2) is 71.3 Å². The standard InChI is InChI=1S/C21H18N2O3/c1-23(14-20-3-2-12-25-20)21(24)15-26-19-10-8-18(9-11-19)17-6-4-16(13-22)5-7-17/h2-12H,14-15H2,1H3. The van der Waals surface area contributed by atoms with E-state index >= 15 is 0 Å². The monoisotopic (exact) mass is 346 g/mol. The number of nitriles is 1. The molecule has 0 N–H and O–H groups in total. The smallest absolute Gasteiger partial charge is 0.260 e. The number of rotatable bonds is 6. The van der Waals surface area contributed by atoms with Crippen LogP contribution in [0.1, 0.15) is 11.3 Å². The van der Waals surface area contributed by atoms with Crippen molar-refractivity contribution in [1.29, 1.82) is 5.26 Å². The van der Waals surface area contributed by atoms with Crippen molar-refractivity contribution in [1.82, 2.24) is 4.90 Å². The molecule has 0 unspecified atom stereocenters. The van der Waals surface area contributed by atoms with Gasteiger partial charge in [-0.05, 0) is 47.5 Å². The molecule has 0 spiro atoms. The number of benzene rings is 2. The first-order valence-corrected chi connectivity index (χ1v) is 8.15. The summed E-state index contributed by atoms with van der Waals surface area (Å²) in [5.41, 5.74) is 2.67. The molecule has 0 atom stereocenters. The third-order valence-corrected chi connectivity index (χ3v) is 3.96. The molecule has 5 nitrogen and oxygen atoms in total.